The molecular weight excluding hydrogens is 420 g/mol. The number of fused-ring (bicyclic) bond motifs is 5. The van der Waals surface area contributed by atoms with Crippen LogP contribution in [0.25, 0.3) is 10.8 Å². The molecule has 2 aromatic rings. The van der Waals surface area contributed by atoms with Crippen LogP contribution in [-0.2, 0) is 0 Å². The number of benzene rings is 1. The molecule has 0 amide bonds. The van der Waals surface area contributed by atoms with E-state index in [-0.39, 0.29) is 6.10 Å². The summed E-state index contributed by atoms with van der Waals surface area (Å²) in [5.74, 6) is 2.00. The zero-order valence-corrected chi connectivity index (χ0v) is 19.9. The first kappa shape index (κ1) is 21.3. The highest BCUT2D eigenvalue weighted by molar-refractivity contribution is 5.82. The van der Waals surface area contributed by atoms with Crippen molar-refractivity contribution in [2.75, 3.05) is 13.1 Å². The van der Waals surface area contributed by atoms with Gasteiger partial charge in [0, 0.05) is 36.9 Å². The van der Waals surface area contributed by atoms with Crippen LogP contribution in [0.1, 0.15) is 62.8 Å². The summed E-state index contributed by atoms with van der Waals surface area (Å²) in [4.78, 5) is 6.81. The van der Waals surface area contributed by atoms with E-state index < -0.39 is 5.60 Å². The zero-order chi connectivity index (χ0) is 22.9. The van der Waals surface area contributed by atoms with Crippen molar-refractivity contribution >= 4 is 10.8 Å². The summed E-state index contributed by atoms with van der Waals surface area (Å²) in [7, 11) is 0. The molecule has 4 nitrogen and oxygen atoms in total. The Kier molecular flexibility index (Phi) is 5.01. The topological polar surface area (TPSA) is 56.6 Å². The maximum absolute atomic E-state index is 12.2. The van der Waals surface area contributed by atoms with E-state index in [2.05, 4.69) is 46.3 Å². The summed E-state index contributed by atoms with van der Waals surface area (Å²) in [6, 6.07) is 9.60. The quantitative estimate of drug-likeness (QED) is 0.670. The highest BCUT2D eigenvalue weighted by Crippen LogP contribution is 2.57. The molecule has 6 atom stereocenters. The summed E-state index contributed by atoms with van der Waals surface area (Å²) >= 11 is 0. The number of rotatable bonds is 2. The van der Waals surface area contributed by atoms with Crippen molar-refractivity contribution in [1.82, 2.24) is 9.88 Å². The first-order valence-electron chi connectivity index (χ1n) is 13.5. The molecule has 0 radical (unpaired) electrons. The highest BCUT2D eigenvalue weighted by atomic mass is 16.3. The molecule has 4 aliphatic carbocycles. The molecule has 2 heterocycles. The van der Waals surface area contributed by atoms with Crippen molar-refractivity contribution in [3.63, 3.8) is 0 Å². The van der Waals surface area contributed by atoms with Crippen LogP contribution >= 0.6 is 0 Å². The van der Waals surface area contributed by atoms with Gasteiger partial charge in [-0.25, -0.2) is 0 Å². The van der Waals surface area contributed by atoms with E-state index in [4.69, 9.17) is 0 Å². The third kappa shape index (κ3) is 3.33. The SMILES string of the molecule is OC1CN(C2CCC3=CC4=CCC5C(c6ccc7ccncc7c6)CCC5[C@@]4(O)CCC3C2)C1. The summed E-state index contributed by atoms with van der Waals surface area (Å²) in [6.07, 6.45) is 17.5. The maximum Gasteiger partial charge on any atom is 0.0924 e. The second kappa shape index (κ2) is 8.01. The Balaban J connectivity index is 1.13. The maximum atomic E-state index is 12.2. The Morgan fingerprint density at radius 2 is 1.94 bits per heavy atom. The normalized spacial score (nSPS) is 38.2. The van der Waals surface area contributed by atoms with Gasteiger partial charge >= 0.3 is 0 Å². The average molecular weight is 457 g/mol. The van der Waals surface area contributed by atoms with Gasteiger partial charge in [-0.15, -0.1) is 0 Å². The van der Waals surface area contributed by atoms with Gasteiger partial charge in [-0.05, 0) is 104 Å². The van der Waals surface area contributed by atoms with Gasteiger partial charge in [0.05, 0.1) is 11.7 Å². The predicted octanol–water partition coefficient (Wildman–Crippen LogP) is 4.97. The first-order valence-corrected chi connectivity index (χ1v) is 13.5. The minimum atomic E-state index is -0.664. The van der Waals surface area contributed by atoms with E-state index in [0.717, 1.165) is 45.2 Å². The van der Waals surface area contributed by atoms with Crippen molar-refractivity contribution < 1.29 is 10.2 Å². The van der Waals surface area contributed by atoms with E-state index in [1.807, 2.05) is 12.4 Å². The van der Waals surface area contributed by atoms with Gasteiger partial charge in [-0.3, -0.25) is 9.88 Å². The molecule has 1 aromatic heterocycles. The monoisotopic (exact) mass is 456 g/mol. The van der Waals surface area contributed by atoms with Crippen molar-refractivity contribution in [2.24, 2.45) is 17.8 Å². The lowest BCUT2D eigenvalue weighted by Crippen LogP contribution is -2.56. The number of nitrogens with zero attached hydrogens (tertiary/aromatic N) is 2. The van der Waals surface area contributed by atoms with Gasteiger partial charge in [0.1, 0.15) is 0 Å². The lowest BCUT2D eigenvalue weighted by atomic mass is 9.66. The molecule has 5 unspecified atom stereocenters. The van der Waals surface area contributed by atoms with E-state index in [1.54, 1.807) is 5.57 Å². The van der Waals surface area contributed by atoms with Crippen LogP contribution in [0.3, 0.4) is 0 Å². The third-order valence-electron chi connectivity index (χ3n) is 10.1. The molecule has 34 heavy (non-hydrogen) atoms. The van der Waals surface area contributed by atoms with Gasteiger partial charge < -0.3 is 10.2 Å². The van der Waals surface area contributed by atoms with Crippen LogP contribution < -0.4 is 0 Å². The number of pyridine rings is 1. The standard InChI is InChI=1S/C30H36N2O2/c33-26-17-32(18-26)25-5-3-20-14-24-4-6-28-27(22-2-1-19-10-12-31-16-23(19)13-22)7-8-29(28)30(24,34)11-9-21(20)15-25/h1-2,4,10,12-14,16,21,25-29,33-34H,3,5-9,11,15,17-18H2/t21?,25?,27?,28?,29?,30-/m1/s1. The van der Waals surface area contributed by atoms with Crippen LogP contribution in [0.2, 0.25) is 0 Å². The molecule has 4 heteroatoms. The molecule has 2 N–H and O–H groups in total. The lowest BCUT2D eigenvalue weighted by molar-refractivity contribution is -0.0375. The zero-order valence-electron chi connectivity index (χ0n) is 19.9. The Hall–Kier alpha value is -2.01. The summed E-state index contributed by atoms with van der Waals surface area (Å²) in [5, 5.41) is 24.4. The van der Waals surface area contributed by atoms with Gasteiger partial charge in [-0.1, -0.05) is 29.9 Å². The van der Waals surface area contributed by atoms with Crippen LogP contribution in [0.4, 0.5) is 0 Å². The second-order valence-corrected chi connectivity index (χ2v) is 11.7. The predicted molar refractivity (Wildman–Crippen MR) is 134 cm³/mol. The van der Waals surface area contributed by atoms with Crippen molar-refractivity contribution in [1.29, 1.82) is 0 Å². The van der Waals surface area contributed by atoms with Crippen molar-refractivity contribution in [3.8, 4) is 0 Å². The van der Waals surface area contributed by atoms with E-state index >= 15 is 0 Å². The van der Waals surface area contributed by atoms with E-state index in [9.17, 15) is 10.2 Å². The molecule has 1 aromatic carbocycles. The average Bonchev–Trinajstić information content (AvgIpc) is 3.22. The Morgan fingerprint density at radius 1 is 1.03 bits per heavy atom. The van der Waals surface area contributed by atoms with Gasteiger partial charge in [0.25, 0.3) is 0 Å². The number of aliphatic hydroxyl groups is 2. The fraction of sp³-hybridized carbons (Fsp3) is 0.567. The molecule has 0 bridgehead atoms. The second-order valence-electron chi connectivity index (χ2n) is 11.7. The number of aromatic nitrogens is 1. The minimum absolute atomic E-state index is 0.120. The fourth-order valence-corrected chi connectivity index (χ4v) is 8.24. The Bertz CT molecular complexity index is 1170. The summed E-state index contributed by atoms with van der Waals surface area (Å²) in [5.41, 5.74) is 3.57. The van der Waals surface area contributed by atoms with Gasteiger partial charge in [0.15, 0.2) is 0 Å². The first-order chi connectivity index (χ1) is 16.6. The van der Waals surface area contributed by atoms with Crippen LogP contribution in [0.15, 0.2) is 60.0 Å². The molecule has 0 spiro atoms. The van der Waals surface area contributed by atoms with Gasteiger partial charge in [-0.2, -0.15) is 0 Å². The summed E-state index contributed by atoms with van der Waals surface area (Å²) < 4.78 is 0. The molecule has 3 fully saturated rings. The van der Waals surface area contributed by atoms with Crippen LogP contribution in [0.5, 0.6) is 0 Å². The lowest BCUT2D eigenvalue weighted by Gasteiger charge is -2.45. The molecule has 7 rings (SSSR count). The third-order valence-corrected chi connectivity index (χ3v) is 10.1. The number of likely N-dealkylation sites (tertiary alicyclic amines) is 1. The number of aliphatic hydroxyl groups excluding tert-OH is 1. The van der Waals surface area contributed by atoms with Crippen molar-refractivity contribution in [3.05, 3.63) is 65.5 Å². The number of hydrogen-bond donors (Lipinski definition) is 2. The van der Waals surface area contributed by atoms with Crippen molar-refractivity contribution in [2.45, 2.75) is 75.0 Å². The molecule has 1 saturated heterocycles. The van der Waals surface area contributed by atoms with E-state index in [0.29, 0.717) is 29.7 Å². The van der Waals surface area contributed by atoms with E-state index in [1.165, 1.54) is 41.2 Å². The van der Waals surface area contributed by atoms with Crippen LogP contribution in [-0.4, -0.2) is 50.9 Å². The smallest absolute Gasteiger partial charge is 0.0924 e. The fourth-order valence-electron chi connectivity index (χ4n) is 8.24. The number of hydrogen-bond acceptors (Lipinski definition) is 4. The Labute approximate surface area is 202 Å². The Morgan fingerprint density at radius 3 is 2.82 bits per heavy atom. The number of β-amino-alcohol motifs (C(OH)–C–C–N with tert-alkyl or cyclic N) is 1. The summed E-state index contributed by atoms with van der Waals surface area (Å²) in [6.45, 7) is 1.70. The largest absolute Gasteiger partial charge is 0.390 e. The molecule has 5 aliphatic rings. The molecule has 2 saturated carbocycles. The highest BCUT2D eigenvalue weighted by Gasteiger charge is 2.52. The van der Waals surface area contributed by atoms with Crippen LogP contribution in [0, 0.1) is 17.8 Å². The molecule has 1 aliphatic heterocycles. The molecular formula is C30H36N2O2. The van der Waals surface area contributed by atoms with Gasteiger partial charge in [0.2, 0.25) is 0 Å². The molecule has 178 valence electrons. The minimum Gasteiger partial charge on any atom is -0.390 e. The number of allylic oxidation sites excluding steroid dienone is 2.